The van der Waals surface area contributed by atoms with Crippen molar-refractivity contribution >= 4 is 18.0 Å². The van der Waals surface area contributed by atoms with Gasteiger partial charge in [-0.3, -0.25) is 4.79 Å². The molecule has 0 atom stereocenters. The van der Waals surface area contributed by atoms with Gasteiger partial charge >= 0.3 is 12.1 Å². The van der Waals surface area contributed by atoms with Crippen molar-refractivity contribution in [1.82, 2.24) is 4.90 Å². The third kappa shape index (κ3) is 6.02. The third-order valence-corrected chi connectivity index (χ3v) is 4.32. The number of nitrogens with zero attached hydrogens (tertiary/aromatic N) is 1. The second-order valence-corrected chi connectivity index (χ2v) is 6.67. The number of hydrogen-bond donors (Lipinski definition) is 0. The van der Waals surface area contributed by atoms with E-state index < -0.39 is 18.0 Å². The number of allylic oxidation sites excluding steroid dienone is 5. The number of rotatable bonds is 5. The predicted molar refractivity (Wildman–Crippen MR) is 99.0 cm³/mol. The van der Waals surface area contributed by atoms with Crippen molar-refractivity contribution in [2.75, 3.05) is 14.2 Å². The zero-order valence-electron chi connectivity index (χ0n) is 16.1. The molecule has 0 aliphatic heterocycles. The lowest BCUT2D eigenvalue weighted by Gasteiger charge is -2.32. The lowest BCUT2D eigenvalue weighted by Crippen LogP contribution is -2.31. The number of imide groups is 1. The van der Waals surface area contributed by atoms with Crippen molar-refractivity contribution < 1.29 is 23.9 Å². The number of ether oxygens (including phenoxy) is 2. The summed E-state index contributed by atoms with van der Waals surface area (Å²) in [6.45, 7) is 6.37. The van der Waals surface area contributed by atoms with Gasteiger partial charge in [0.15, 0.2) is 0 Å². The highest BCUT2D eigenvalue weighted by Gasteiger charge is 2.27. The average molecular weight is 361 g/mol. The molecule has 1 aliphatic rings. The van der Waals surface area contributed by atoms with Crippen LogP contribution in [-0.4, -0.2) is 37.1 Å². The first-order valence-electron chi connectivity index (χ1n) is 8.45. The molecule has 0 radical (unpaired) electrons. The normalized spacial score (nSPS) is 17.1. The minimum absolute atomic E-state index is 0.00566. The van der Waals surface area contributed by atoms with E-state index in [1.807, 2.05) is 0 Å². The molecule has 0 spiro atoms. The van der Waals surface area contributed by atoms with Crippen molar-refractivity contribution in [3.05, 3.63) is 47.7 Å². The van der Waals surface area contributed by atoms with Crippen LogP contribution in [0.4, 0.5) is 4.79 Å². The fourth-order valence-corrected chi connectivity index (χ4v) is 2.91. The first-order chi connectivity index (χ1) is 12.2. The van der Waals surface area contributed by atoms with Gasteiger partial charge in [-0.25, -0.2) is 14.5 Å². The molecule has 0 fully saturated rings. The molecule has 1 aliphatic carbocycles. The summed E-state index contributed by atoms with van der Waals surface area (Å²) in [5.74, 6) is -1.06. The topological polar surface area (TPSA) is 72.9 Å². The van der Waals surface area contributed by atoms with Gasteiger partial charge in [0.25, 0.3) is 5.91 Å². The lowest BCUT2D eigenvalue weighted by molar-refractivity contribution is -0.134. The van der Waals surface area contributed by atoms with Crippen LogP contribution in [0.1, 0.15) is 40.0 Å². The summed E-state index contributed by atoms with van der Waals surface area (Å²) in [5, 5.41) is 0. The number of amides is 2. The van der Waals surface area contributed by atoms with Crippen LogP contribution in [0.3, 0.4) is 0 Å². The molecule has 1 rings (SSSR count). The highest BCUT2D eigenvalue weighted by molar-refractivity contribution is 6.00. The molecule has 0 saturated carbocycles. The molecule has 6 nitrogen and oxygen atoms in total. The molecule has 0 unspecified atom stereocenters. The Labute approximate surface area is 154 Å². The number of hydrogen-bond acceptors (Lipinski definition) is 5. The molecule has 0 heterocycles. The molecule has 26 heavy (non-hydrogen) atoms. The lowest BCUT2D eigenvalue weighted by atomic mass is 9.72. The smallest absolute Gasteiger partial charge is 0.420 e. The summed E-state index contributed by atoms with van der Waals surface area (Å²) in [4.78, 5) is 36.1. The molecular formula is C20H27NO5. The summed E-state index contributed by atoms with van der Waals surface area (Å²) < 4.78 is 9.10. The van der Waals surface area contributed by atoms with Crippen LogP contribution in [0.5, 0.6) is 0 Å². The highest BCUT2D eigenvalue weighted by Crippen LogP contribution is 2.40. The molecule has 0 bridgehead atoms. The predicted octanol–water partition coefficient (Wildman–Crippen LogP) is 3.91. The Hall–Kier alpha value is -2.63. The van der Waals surface area contributed by atoms with E-state index in [-0.39, 0.29) is 5.41 Å². The minimum Gasteiger partial charge on any atom is -0.466 e. The summed E-state index contributed by atoms with van der Waals surface area (Å²) >= 11 is 0. The van der Waals surface area contributed by atoms with Crippen LogP contribution >= 0.6 is 0 Å². The molecule has 6 heteroatoms. The van der Waals surface area contributed by atoms with Crippen molar-refractivity contribution in [2.24, 2.45) is 5.41 Å². The zero-order chi connectivity index (χ0) is 19.7. The van der Waals surface area contributed by atoms with Gasteiger partial charge in [0, 0.05) is 18.4 Å². The first kappa shape index (κ1) is 21.4. The first-order valence-corrected chi connectivity index (χ1v) is 8.45. The standard InChI is InChI=1S/C20H27NO5/c1-15-9-8-13-20(2,3)16(15)11-12-17(22)21(19(24)26-5)14-7-6-10-18(23)25-4/h6-7,10-12,14H,8-9,13H2,1-5H3/b10-6+,12-11+,14-7+. The fourth-order valence-electron chi connectivity index (χ4n) is 2.91. The second-order valence-electron chi connectivity index (χ2n) is 6.67. The van der Waals surface area contributed by atoms with E-state index in [0.717, 1.165) is 29.7 Å². The molecule has 2 amide bonds. The van der Waals surface area contributed by atoms with E-state index in [9.17, 15) is 14.4 Å². The van der Waals surface area contributed by atoms with Crippen LogP contribution in [0.25, 0.3) is 0 Å². The number of carbonyl (C=O) groups is 3. The van der Waals surface area contributed by atoms with Gasteiger partial charge < -0.3 is 9.47 Å². The fraction of sp³-hybridized carbons (Fsp3) is 0.450. The largest absolute Gasteiger partial charge is 0.466 e. The van der Waals surface area contributed by atoms with Gasteiger partial charge in [0.1, 0.15) is 0 Å². The summed E-state index contributed by atoms with van der Waals surface area (Å²) in [6.07, 6.45) is 10.7. The maximum absolute atomic E-state index is 12.4. The van der Waals surface area contributed by atoms with Gasteiger partial charge in [-0.15, -0.1) is 0 Å². The van der Waals surface area contributed by atoms with Crippen LogP contribution in [0, 0.1) is 5.41 Å². The summed E-state index contributed by atoms with van der Waals surface area (Å²) in [7, 11) is 2.45. The zero-order valence-corrected chi connectivity index (χ0v) is 16.1. The van der Waals surface area contributed by atoms with Crippen LogP contribution in [-0.2, 0) is 19.1 Å². The van der Waals surface area contributed by atoms with E-state index >= 15 is 0 Å². The van der Waals surface area contributed by atoms with Crippen LogP contribution < -0.4 is 0 Å². The monoisotopic (exact) mass is 361 g/mol. The van der Waals surface area contributed by atoms with E-state index in [4.69, 9.17) is 0 Å². The third-order valence-electron chi connectivity index (χ3n) is 4.32. The van der Waals surface area contributed by atoms with E-state index in [0.29, 0.717) is 0 Å². The molecule has 0 aromatic carbocycles. The molecule has 0 N–H and O–H groups in total. The van der Waals surface area contributed by atoms with E-state index in [1.54, 1.807) is 6.08 Å². The average Bonchev–Trinajstić information content (AvgIpc) is 2.59. The van der Waals surface area contributed by atoms with Gasteiger partial charge in [-0.1, -0.05) is 31.6 Å². The van der Waals surface area contributed by atoms with Gasteiger partial charge in [-0.05, 0) is 43.3 Å². The van der Waals surface area contributed by atoms with Crippen LogP contribution in [0.2, 0.25) is 0 Å². The maximum Gasteiger partial charge on any atom is 0.420 e. The number of carbonyl (C=O) groups excluding carboxylic acids is 3. The quantitative estimate of drug-likeness (QED) is 0.422. The van der Waals surface area contributed by atoms with Crippen molar-refractivity contribution in [2.45, 2.75) is 40.0 Å². The molecule has 0 aromatic heterocycles. The minimum atomic E-state index is -0.809. The summed E-state index contributed by atoms with van der Waals surface area (Å²) in [5.41, 5.74) is 2.37. The van der Waals surface area contributed by atoms with Crippen LogP contribution in [0.15, 0.2) is 47.7 Å². The Bertz CT molecular complexity index is 668. The Morgan fingerprint density at radius 3 is 2.35 bits per heavy atom. The Balaban J connectivity index is 2.96. The van der Waals surface area contributed by atoms with Crippen molar-refractivity contribution in [1.29, 1.82) is 0 Å². The van der Waals surface area contributed by atoms with Crippen molar-refractivity contribution in [3.63, 3.8) is 0 Å². The highest BCUT2D eigenvalue weighted by atomic mass is 16.5. The maximum atomic E-state index is 12.4. The van der Waals surface area contributed by atoms with E-state index in [1.165, 1.54) is 50.3 Å². The van der Waals surface area contributed by atoms with Gasteiger partial charge in [0.2, 0.25) is 0 Å². The molecule has 0 aromatic rings. The second kappa shape index (κ2) is 9.75. The number of esters is 1. The Morgan fingerprint density at radius 2 is 1.77 bits per heavy atom. The summed E-state index contributed by atoms with van der Waals surface area (Å²) in [6, 6.07) is 0. The molecule has 0 saturated heterocycles. The number of methoxy groups -OCH3 is 2. The SMILES string of the molecule is COC(=O)/C=C/C=C/N(C(=O)/C=C/C1=C(C)CCCC1(C)C)C(=O)OC. The molecule has 142 valence electrons. The van der Waals surface area contributed by atoms with E-state index in [2.05, 4.69) is 30.2 Å². The Morgan fingerprint density at radius 1 is 1.08 bits per heavy atom. The van der Waals surface area contributed by atoms with Crippen molar-refractivity contribution in [3.8, 4) is 0 Å². The molecular weight excluding hydrogens is 334 g/mol. The van der Waals surface area contributed by atoms with Gasteiger partial charge in [-0.2, -0.15) is 0 Å². The Kier molecular flexibility index (Phi) is 8.03. The van der Waals surface area contributed by atoms with Gasteiger partial charge in [0.05, 0.1) is 14.2 Å².